The third-order valence-electron chi connectivity index (χ3n) is 5.04. The van der Waals surface area contributed by atoms with Gasteiger partial charge in [-0.15, -0.1) is 0 Å². The SMILES string of the molecule is CNC1CCN(c2nc(NCc3nc4ccccc4[nH]3)n3ncc(Br)c3n2)C1. The summed E-state index contributed by atoms with van der Waals surface area (Å²) in [4.78, 5) is 19.6. The summed E-state index contributed by atoms with van der Waals surface area (Å²) in [6, 6.07) is 8.44. The number of fused-ring (bicyclic) bond motifs is 2. The van der Waals surface area contributed by atoms with E-state index in [0.29, 0.717) is 24.5 Å². The van der Waals surface area contributed by atoms with E-state index in [1.54, 1.807) is 10.7 Å². The molecule has 0 amide bonds. The van der Waals surface area contributed by atoms with Crippen molar-refractivity contribution < 1.29 is 0 Å². The Hall–Kier alpha value is -2.72. The van der Waals surface area contributed by atoms with Gasteiger partial charge in [0.05, 0.1) is 28.2 Å². The maximum atomic E-state index is 4.75. The number of aromatic nitrogens is 6. The minimum absolute atomic E-state index is 0.458. The van der Waals surface area contributed by atoms with Crippen LogP contribution in [0.1, 0.15) is 12.2 Å². The summed E-state index contributed by atoms with van der Waals surface area (Å²) in [6.45, 7) is 2.33. The minimum Gasteiger partial charge on any atom is -0.347 e. The van der Waals surface area contributed by atoms with E-state index in [9.17, 15) is 0 Å². The molecule has 3 aromatic heterocycles. The topological polar surface area (TPSA) is 99.1 Å². The summed E-state index contributed by atoms with van der Waals surface area (Å²) in [5, 5.41) is 11.1. The lowest BCUT2D eigenvalue weighted by molar-refractivity contribution is 0.616. The highest BCUT2D eigenvalue weighted by molar-refractivity contribution is 9.10. The first kappa shape index (κ1) is 17.4. The second-order valence-electron chi connectivity index (χ2n) is 6.85. The van der Waals surface area contributed by atoms with E-state index in [1.807, 2.05) is 31.3 Å². The predicted molar refractivity (Wildman–Crippen MR) is 112 cm³/mol. The Kier molecular flexibility index (Phi) is 4.36. The monoisotopic (exact) mass is 441 g/mol. The number of hydrogen-bond donors (Lipinski definition) is 3. The van der Waals surface area contributed by atoms with E-state index in [0.717, 1.165) is 46.5 Å². The van der Waals surface area contributed by atoms with E-state index < -0.39 is 0 Å². The highest BCUT2D eigenvalue weighted by Gasteiger charge is 2.24. The largest absolute Gasteiger partial charge is 0.347 e. The molecule has 144 valence electrons. The van der Waals surface area contributed by atoms with Crippen LogP contribution in [0, 0.1) is 0 Å². The van der Waals surface area contributed by atoms with Gasteiger partial charge >= 0.3 is 0 Å². The molecular weight excluding hydrogens is 422 g/mol. The molecule has 1 aliphatic heterocycles. The zero-order valence-corrected chi connectivity index (χ0v) is 16.9. The highest BCUT2D eigenvalue weighted by atomic mass is 79.9. The fourth-order valence-electron chi connectivity index (χ4n) is 3.53. The molecule has 4 aromatic rings. The van der Waals surface area contributed by atoms with Crippen LogP contribution in [0.25, 0.3) is 16.7 Å². The Morgan fingerprint density at radius 2 is 2.14 bits per heavy atom. The Balaban J connectivity index is 1.45. The summed E-state index contributed by atoms with van der Waals surface area (Å²) in [5.41, 5.74) is 2.71. The maximum Gasteiger partial charge on any atom is 0.230 e. The van der Waals surface area contributed by atoms with Crippen molar-refractivity contribution in [2.24, 2.45) is 0 Å². The van der Waals surface area contributed by atoms with Gasteiger partial charge in [0.1, 0.15) is 5.82 Å². The van der Waals surface area contributed by atoms with Gasteiger partial charge in [-0.3, -0.25) is 0 Å². The molecule has 1 atom stereocenters. The van der Waals surface area contributed by atoms with Gasteiger partial charge in [0.2, 0.25) is 11.9 Å². The number of nitrogens with one attached hydrogen (secondary N) is 3. The zero-order chi connectivity index (χ0) is 19.1. The number of imidazole rings is 1. The van der Waals surface area contributed by atoms with E-state index in [4.69, 9.17) is 9.97 Å². The number of H-pyrrole nitrogens is 1. The van der Waals surface area contributed by atoms with E-state index in [1.165, 1.54) is 0 Å². The molecule has 1 aliphatic rings. The van der Waals surface area contributed by atoms with Crippen molar-refractivity contribution >= 4 is 44.5 Å². The molecular formula is C18H20BrN9. The molecule has 1 unspecified atom stereocenters. The molecule has 1 fully saturated rings. The number of rotatable bonds is 5. The number of aromatic amines is 1. The molecule has 4 heterocycles. The van der Waals surface area contributed by atoms with Crippen molar-refractivity contribution in [1.82, 2.24) is 34.9 Å². The maximum absolute atomic E-state index is 4.75. The van der Waals surface area contributed by atoms with Crippen LogP contribution < -0.4 is 15.5 Å². The van der Waals surface area contributed by atoms with Crippen molar-refractivity contribution in [3.63, 3.8) is 0 Å². The fraction of sp³-hybridized carbons (Fsp3) is 0.333. The number of nitrogens with zero attached hydrogens (tertiary/aromatic N) is 6. The molecule has 1 saturated heterocycles. The number of halogens is 1. The average molecular weight is 442 g/mol. The van der Waals surface area contributed by atoms with Crippen LogP contribution in [0.3, 0.4) is 0 Å². The van der Waals surface area contributed by atoms with Gasteiger partial charge in [-0.05, 0) is 41.5 Å². The Morgan fingerprint density at radius 3 is 2.96 bits per heavy atom. The lowest BCUT2D eigenvalue weighted by Gasteiger charge is -2.17. The molecule has 3 N–H and O–H groups in total. The zero-order valence-electron chi connectivity index (χ0n) is 15.4. The lowest BCUT2D eigenvalue weighted by Crippen LogP contribution is -2.30. The normalized spacial score (nSPS) is 17.1. The Labute approximate surface area is 169 Å². The summed E-state index contributed by atoms with van der Waals surface area (Å²) < 4.78 is 2.55. The van der Waals surface area contributed by atoms with Crippen LogP contribution in [0.4, 0.5) is 11.9 Å². The summed E-state index contributed by atoms with van der Waals surface area (Å²) in [7, 11) is 1.99. The van der Waals surface area contributed by atoms with Gasteiger partial charge in [-0.2, -0.15) is 19.6 Å². The first-order chi connectivity index (χ1) is 13.7. The number of anilines is 2. The van der Waals surface area contributed by atoms with Gasteiger partial charge in [0.15, 0.2) is 5.65 Å². The number of para-hydroxylation sites is 2. The first-order valence-electron chi connectivity index (χ1n) is 9.22. The third kappa shape index (κ3) is 3.08. The molecule has 5 rings (SSSR count). The molecule has 0 bridgehead atoms. The molecule has 28 heavy (non-hydrogen) atoms. The van der Waals surface area contributed by atoms with Crippen LogP contribution >= 0.6 is 15.9 Å². The van der Waals surface area contributed by atoms with Crippen LogP contribution in [0.15, 0.2) is 34.9 Å². The van der Waals surface area contributed by atoms with Gasteiger partial charge < -0.3 is 20.5 Å². The van der Waals surface area contributed by atoms with Gasteiger partial charge in [0, 0.05) is 19.1 Å². The number of hydrogen-bond acceptors (Lipinski definition) is 7. The summed E-state index contributed by atoms with van der Waals surface area (Å²) in [6.07, 6.45) is 2.81. The molecule has 0 spiro atoms. The number of benzene rings is 1. The van der Waals surface area contributed by atoms with Crippen LogP contribution in [0.5, 0.6) is 0 Å². The highest BCUT2D eigenvalue weighted by Crippen LogP contribution is 2.24. The van der Waals surface area contributed by atoms with Crippen LogP contribution in [-0.4, -0.2) is 55.7 Å². The van der Waals surface area contributed by atoms with Crippen LogP contribution in [-0.2, 0) is 6.54 Å². The fourth-order valence-corrected chi connectivity index (χ4v) is 3.87. The standard InChI is InChI=1S/C18H20BrN9/c1-20-11-6-7-27(10-11)18-25-16-12(19)8-22-28(16)17(26-18)21-9-15-23-13-4-2-3-5-14(13)24-15/h2-5,8,11,20H,6-7,9-10H2,1H3,(H,23,24)(H,21,25,26). The minimum atomic E-state index is 0.458. The smallest absolute Gasteiger partial charge is 0.230 e. The van der Waals surface area contributed by atoms with Gasteiger partial charge in [-0.25, -0.2) is 4.98 Å². The predicted octanol–water partition coefficient (Wildman–Crippen LogP) is 2.17. The van der Waals surface area contributed by atoms with Crippen LogP contribution in [0.2, 0.25) is 0 Å². The van der Waals surface area contributed by atoms with E-state index in [-0.39, 0.29) is 0 Å². The lowest BCUT2D eigenvalue weighted by atomic mass is 10.3. The second kappa shape index (κ2) is 7.02. The van der Waals surface area contributed by atoms with Crippen molar-refractivity contribution in [2.75, 3.05) is 30.4 Å². The van der Waals surface area contributed by atoms with Crippen molar-refractivity contribution in [3.05, 3.63) is 40.8 Å². The quantitative estimate of drug-likeness (QED) is 0.436. The molecule has 10 heteroatoms. The average Bonchev–Trinajstić information content (AvgIpc) is 3.44. The molecule has 1 aromatic carbocycles. The summed E-state index contributed by atoms with van der Waals surface area (Å²) >= 11 is 3.54. The van der Waals surface area contributed by atoms with E-state index >= 15 is 0 Å². The summed E-state index contributed by atoms with van der Waals surface area (Å²) in [5.74, 6) is 2.19. The Morgan fingerprint density at radius 1 is 1.25 bits per heavy atom. The third-order valence-corrected chi connectivity index (χ3v) is 5.60. The first-order valence-corrected chi connectivity index (χ1v) is 10.0. The molecule has 9 nitrogen and oxygen atoms in total. The number of likely N-dealkylation sites (N-methyl/N-ethyl adjacent to an activating group) is 1. The van der Waals surface area contributed by atoms with Crippen molar-refractivity contribution in [1.29, 1.82) is 0 Å². The van der Waals surface area contributed by atoms with Crippen molar-refractivity contribution in [3.8, 4) is 0 Å². The van der Waals surface area contributed by atoms with Crippen molar-refractivity contribution in [2.45, 2.75) is 19.0 Å². The van der Waals surface area contributed by atoms with Gasteiger partial charge in [0.25, 0.3) is 0 Å². The molecule has 0 radical (unpaired) electrons. The Bertz CT molecular complexity index is 1100. The molecule has 0 saturated carbocycles. The van der Waals surface area contributed by atoms with Gasteiger partial charge in [-0.1, -0.05) is 12.1 Å². The van der Waals surface area contributed by atoms with E-state index in [2.05, 4.69) is 46.5 Å². The molecule has 0 aliphatic carbocycles. The second-order valence-corrected chi connectivity index (χ2v) is 7.70.